The van der Waals surface area contributed by atoms with Crippen molar-refractivity contribution in [2.75, 3.05) is 0 Å². The topological polar surface area (TPSA) is 72.2 Å². The number of nitrogens with one attached hydrogen (secondary N) is 1. The number of carbonyl (C=O) groups excluding carboxylic acids is 2. The van der Waals surface area contributed by atoms with Crippen LogP contribution in [0.5, 0.6) is 0 Å². The molecule has 0 saturated heterocycles. The highest BCUT2D eigenvalue weighted by atomic mass is 16.2. The van der Waals surface area contributed by atoms with Crippen LogP contribution in [0.4, 0.5) is 0 Å². The Balaban J connectivity index is 1.92. The van der Waals surface area contributed by atoms with E-state index in [9.17, 15) is 9.59 Å². The maximum Gasteiger partial charge on any atom is 0.248 e. The predicted molar refractivity (Wildman–Crippen MR) is 64.1 cm³/mol. The lowest BCUT2D eigenvalue weighted by Crippen LogP contribution is -2.25. The van der Waals surface area contributed by atoms with Crippen molar-refractivity contribution in [1.29, 1.82) is 0 Å². The lowest BCUT2D eigenvalue weighted by Gasteiger charge is -2.05. The molecule has 1 saturated carbocycles. The van der Waals surface area contributed by atoms with Crippen LogP contribution >= 0.6 is 0 Å². The van der Waals surface area contributed by atoms with Crippen LogP contribution in [-0.4, -0.2) is 11.8 Å². The molecule has 2 atom stereocenters. The van der Waals surface area contributed by atoms with Gasteiger partial charge >= 0.3 is 0 Å². The van der Waals surface area contributed by atoms with Gasteiger partial charge in [-0.3, -0.25) is 9.59 Å². The summed E-state index contributed by atoms with van der Waals surface area (Å²) in [5, 5.41) is 2.87. The van der Waals surface area contributed by atoms with Gasteiger partial charge in [0.05, 0.1) is 0 Å². The highest BCUT2D eigenvalue weighted by Crippen LogP contribution is 2.37. The number of hydrogen-bond donors (Lipinski definition) is 2. The van der Waals surface area contributed by atoms with E-state index < -0.39 is 5.91 Å². The van der Waals surface area contributed by atoms with E-state index in [4.69, 9.17) is 5.73 Å². The number of amides is 2. The van der Waals surface area contributed by atoms with Crippen molar-refractivity contribution >= 4 is 11.8 Å². The normalized spacial score (nSPS) is 21.9. The maximum atomic E-state index is 11.6. The fraction of sp³-hybridized carbons (Fsp3) is 0.385. The first-order chi connectivity index (χ1) is 8.08. The second-order valence-corrected chi connectivity index (χ2v) is 4.60. The fourth-order valence-electron chi connectivity index (χ4n) is 1.84. The quantitative estimate of drug-likeness (QED) is 0.814. The average Bonchev–Trinajstić information content (AvgIpc) is 3.04. The van der Waals surface area contributed by atoms with Gasteiger partial charge in [0.1, 0.15) is 0 Å². The third-order valence-corrected chi connectivity index (χ3v) is 3.12. The molecule has 1 aromatic carbocycles. The number of nitrogens with two attached hydrogens (primary N) is 1. The summed E-state index contributed by atoms with van der Waals surface area (Å²) < 4.78 is 0. The van der Waals surface area contributed by atoms with Crippen LogP contribution in [0, 0.1) is 11.8 Å². The van der Waals surface area contributed by atoms with Gasteiger partial charge in [-0.25, -0.2) is 0 Å². The van der Waals surface area contributed by atoms with E-state index in [1.807, 2.05) is 6.07 Å². The van der Waals surface area contributed by atoms with Gasteiger partial charge < -0.3 is 11.1 Å². The van der Waals surface area contributed by atoms with Gasteiger partial charge in [0.25, 0.3) is 0 Å². The van der Waals surface area contributed by atoms with Crippen LogP contribution in [0.2, 0.25) is 0 Å². The Labute approximate surface area is 100 Å². The monoisotopic (exact) mass is 232 g/mol. The molecule has 0 bridgehead atoms. The van der Waals surface area contributed by atoms with E-state index in [1.54, 1.807) is 18.2 Å². The molecule has 2 amide bonds. The smallest absolute Gasteiger partial charge is 0.248 e. The first-order valence-corrected chi connectivity index (χ1v) is 5.74. The SMILES string of the molecule is C[C@@H]1C[C@@H]1C(=O)NCc1cccc(C(N)=O)c1. The number of carbonyl (C=O) groups is 2. The molecule has 2 rings (SSSR count). The molecule has 1 aromatic rings. The molecular weight excluding hydrogens is 216 g/mol. The van der Waals surface area contributed by atoms with Gasteiger partial charge in [-0.2, -0.15) is 0 Å². The summed E-state index contributed by atoms with van der Waals surface area (Å²) in [7, 11) is 0. The summed E-state index contributed by atoms with van der Waals surface area (Å²) in [6.07, 6.45) is 0.979. The molecule has 3 N–H and O–H groups in total. The summed E-state index contributed by atoms with van der Waals surface area (Å²) in [5.74, 6) is 0.331. The van der Waals surface area contributed by atoms with Crippen molar-refractivity contribution in [2.24, 2.45) is 17.6 Å². The van der Waals surface area contributed by atoms with E-state index in [-0.39, 0.29) is 11.8 Å². The average molecular weight is 232 g/mol. The third kappa shape index (κ3) is 2.84. The van der Waals surface area contributed by atoms with E-state index in [0.717, 1.165) is 12.0 Å². The lowest BCUT2D eigenvalue weighted by atomic mass is 10.1. The zero-order chi connectivity index (χ0) is 12.4. The molecule has 0 aromatic heterocycles. The van der Waals surface area contributed by atoms with Crippen molar-refractivity contribution in [1.82, 2.24) is 5.32 Å². The molecule has 0 spiro atoms. The van der Waals surface area contributed by atoms with Crippen LogP contribution in [-0.2, 0) is 11.3 Å². The van der Waals surface area contributed by atoms with Gasteiger partial charge in [0.15, 0.2) is 0 Å². The molecule has 0 heterocycles. The second-order valence-electron chi connectivity index (χ2n) is 4.60. The van der Waals surface area contributed by atoms with Gasteiger partial charge in [0, 0.05) is 18.0 Å². The highest BCUT2D eigenvalue weighted by Gasteiger charge is 2.38. The van der Waals surface area contributed by atoms with E-state index in [0.29, 0.717) is 18.0 Å². The molecule has 1 aliphatic rings. The van der Waals surface area contributed by atoms with Crippen molar-refractivity contribution in [2.45, 2.75) is 19.9 Å². The van der Waals surface area contributed by atoms with Crippen LogP contribution in [0.25, 0.3) is 0 Å². The molecule has 1 aliphatic carbocycles. The predicted octanol–water partition coefficient (Wildman–Crippen LogP) is 1.06. The molecule has 1 fully saturated rings. The minimum Gasteiger partial charge on any atom is -0.366 e. The molecular formula is C13H16N2O2. The fourth-order valence-corrected chi connectivity index (χ4v) is 1.84. The van der Waals surface area contributed by atoms with Crippen LogP contribution in [0.3, 0.4) is 0 Å². The van der Waals surface area contributed by atoms with Gasteiger partial charge in [-0.1, -0.05) is 19.1 Å². The summed E-state index contributed by atoms with van der Waals surface area (Å²) in [6.45, 7) is 2.52. The summed E-state index contributed by atoms with van der Waals surface area (Å²) in [4.78, 5) is 22.6. The first-order valence-electron chi connectivity index (χ1n) is 5.74. The zero-order valence-corrected chi connectivity index (χ0v) is 9.77. The molecule has 0 radical (unpaired) electrons. The maximum absolute atomic E-state index is 11.6. The van der Waals surface area contributed by atoms with Crippen molar-refractivity contribution in [3.63, 3.8) is 0 Å². The molecule has 90 valence electrons. The van der Waals surface area contributed by atoms with Crippen molar-refractivity contribution in [3.8, 4) is 0 Å². The van der Waals surface area contributed by atoms with Gasteiger partial charge in [-0.05, 0) is 30.0 Å². The Morgan fingerprint density at radius 1 is 1.47 bits per heavy atom. The first kappa shape index (κ1) is 11.6. The molecule has 0 aliphatic heterocycles. The third-order valence-electron chi connectivity index (χ3n) is 3.12. The van der Waals surface area contributed by atoms with Gasteiger partial charge in [-0.15, -0.1) is 0 Å². The van der Waals surface area contributed by atoms with Crippen LogP contribution in [0.1, 0.15) is 29.3 Å². The Bertz CT molecular complexity index is 456. The van der Waals surface area contributed by atoms with Crippen molar-refractivity contribution < 1.29 is 9.59 Å². The minimum atomic E-state index is -0.450. The molecule has 0 unspecified atom stereocenters. The number of hydrogen-bond acceptors (Lipinski definition) is 2. The summed E-state index contributed by atoms with van der Waals surface area (Å²) in [5.41, 5.74) is 6.55. The van der Waals surface area contributed by atoms with Crippen LogP contribution < -0.4 is 11.1 Å². The zero-order valence-electron chi connectivity index (χ0n) is 9.77. The number of benzene rings is 1. The Morgan fingerprint density at radius 2 is 2.18 bits per heavy atom. The van der Waals surface area contributed by atoms with E-state index >= 15 is 0 Å². The summed E-state index contributed by atoms with van der Waals surface area (Å²) in [6, 6.07) is 7.00. The largest absolute Gasteiger partial charge is 0.366 e. The summed E-state index contributed by atoms with van der Waals surface area (Å²) >= 11 is 0. The second kappa shape index (κ2) is 4.57. The van der Waals surface area contributed by atoms with E-state index in [1.165, 1.54) is 0 Å². The minimum absolute atomic E-state index is 0.0991. The number of rotatable bonds is 4. The lowest BCUT2D eigenvalue weighted by molar-refractivity contribution is -0.122. The van der Waals surface area contributed by atoms with Crippen molar-refractivity contribution in [3.05, 3.63) is 35.4 Å². The molecule has 17 heavy (non-hydrogen) atoms. The Hall–Kier alpha value is -1.84. The standard InChI is InChI=1S/C13H16N2O2/c1-8-5-11(8)13(17)15-7-9-3-2-4-10(6-9)12(14)16/h2-4,6,8,11H,5,7H2,1H3,(H2,14,16)(H,15,17)/t8-,11+/m1/s1. The Morgan fingerprint density at radius 3 is 2.76 bits per heavy atom. The number of primary amides is 1. The van der Waals surface area contributed by atoms with Crippen LogP contribution in [0.15, 0.2) is 24.3 Å². The van der Waals surface area contributed by atoms with Gasteiger partial charge in [0.2, 0.25) is 11.8 Å². The molecule has 4 nitrogen and oxygen atoms in total. The molecule has 4 heteroatoms. The van der Waals surface area contributed by atoms with E-state index in [2.05, 4.69) is 12.2 Å². The Kier molecular flexibility index (Phi) is 3.13. The highest BCUT2D eigenvalue weighted by molar-refractivity contribution is 5.92.